The first-order valence-electron chi connectivity index (χ1n) is 8.73. The smallest absolute Gasteiger partial charge is 0.338 e. The van der Waals surface area contributed by atoms with Gasteiger partial charge in [0.15, 0.2) is 0 Å². The molecule has 0 aromatic heterocycles. The van der Waals surface area contributed by atoms with Crippen LogP contribution in [0.25, 0.3) is 0 Å². The van der Waals surface area contributed by atoms with Crippen LogP contribution in [0.5, 0.6) is 5.75 Å². The highest BCUT2D eigenvalue weighted by Crippen LogP contribution is 2.22. The number of esters is 1. The third-order valence-corrected chi connectivity index (χ3v) is 3.65. The highest BCUT2D eigenvalue weighted by molar-refractivity contribution is 6.39. The molecule has 0 spiro atoms. The minimum atomic E-state index is -0.977. The van der Waals surface area contributed by atoms with Crippen LogP contribution >= 0.6 is 0 Å². The summed E-state index contributed by atoms with van der Waals surface area (Å²) >= 11 is 0. The number of carbonyl (C=O) groups excluding carboxylic acids is 4. The van der Waals surface area contributed by atoms with Gasteiger partial charge in [-0.25, -0.2) is 4.79 Å². The Kier molecular flexibility index (Phi) is 7.72. The summed E-state index contributed by atoms with van der Waals surface area (Å²) in [6.07, 6.45) is 0. The largest absolute Gasteiger partial charge is 0.495 e. The van der Waals surface area contributed by atoms with E-state index < -0.39 is 30.2 Å². The van der Waals surface area contributed by atoms with E-state index in [4.69, 9.17) is 9.47 Å². The summed E-state index contributed by atoms with van der Waals surface area (Å²) in [6.45, 7) is 1.55. The predicted octanol–water partition coefficient (Wildman–Crippen LogP) is 1.57. The average Bonchev–Trinajstić information content (AvgIpc) is 2.73. The van der Waals surface area contributed by atoms with Crippen molar-refractivity contribution in [1.29, 1.82) is 0 Å². The van der Waals surface area contributed by atoms with Gasteiger partial charge in [-0.1, -0.05) is 12.1 Å². The van der Waals surface area contributed by atoms with E-state index in [9.17, 15) is 19.2 Å². The van der Waals surface area contributed by atoms with Crippen molar-refractivity contribution < 1.29 is 28.7 Å². The molecule has 3 amide bonds. The Balaban J connectivity index is 1.83. The van der Waals surface area contributed by atoms with Gasteiger partial charge in [0.2, 0.25) is 5.91 Å². The van der Waals surface area contributed by atoms with Crippen LogP contribution in [0.3, 0.4) is 0 Å². The van der Waals surface area contributed by atoms with Crippen molar-refractivity contribution in [2.75, 3.05) is 30.9 Å². The number of ether oxygens (including phenoxy) is 2. The molecule has 3 N–H and O–H groups in total. The Labute approximate surface area is 167 Å². The lowest BCUT2D eigenvalue weighted by Crippen LogP contribution is -2.39. The Morgan fingerprint density at radius 3 is 2.24 bits per heavy atom. The number of carbonyl (C=O) groups is 4. The van der Waals surface area contributed by atoms with Crippen molar-refractivity contribution in [2.45, 2.75) is 6.92 Å². The zero-order chi connectivity index (χ0) is 21.2. The summed E-state index contributed by atoms with van der Waals surface area (Å²) in [5, 5.41) is 7.18. The molecule has 2 rings (SSSR count). The Morgan fingerprint density at radius 1 is 0.897 bits per heavy atom. The van der Waals surface area contributed by atoms with E-state index in [0.29, 0.717) is 22.7 Å². The maximum atomic E-state index is 12.0. The fourth-order valence-corrected chi connectivity index (χ4v) is 2.28. The lowest BCUT2D eigenvalue weighted by atomic mass is 10.2. The summed E-state index contributed by atoms with van der Waals surface area (Å²) in [5.74, 6) is -2.46. The zero-order valence-corrected chi connectivity index (χ0v) is 16.0. The first-order valence-corrected chi connectivity index (χ1v) is 8.73. The van der Waals surface area contributed by atoms with Crippen molar-refractivity contribution in [1.82, 2.24) is 5.32 Å². The SMILES string of the molecule is CCOC(=O)c1ccc(NC(=O)C(=O)NCC(=O)Nc2ccccc2OC)cc1. The molecule has 2 aromatic carbocycles. The van der Waals surface area contributed by atoms with Gasteiger partial charge in [-0.2, -0.15) is 0 Å². The van der Waals surface area contributed by atoms with E-state index in [2.05, 4.69) is 16.0 Å². The van der Waals surface area contributed by atoms with Gasteiger partial charge in [-0.3, -0.25) is 14.4 Å². The minimum absolute atomic E-state index is 0.252. The highest BCUT2D eigenvalue weighted by Gasteiger charge is 2.16. The predicted molar refractivity (Wildman–Crippen MR) is 106 cm³/mol. The number of benzene rings is 2. The van der Waals surface area contributed by atoms with Crippen molar-refractivity contribution in [3.63, 3.8) is 0 Å². The third kappa shape index (κ3) is 6.35. The summed E-state index contributed by atoms with van der Waals surface area (Å²) in [5.41, 5.74) is 1.08. The number of methoxy groups -OCH3 is 1. The first-order chi connectivity index (χ1) is 13.9. The third-order valence-electron chi connectivity index (χ3n) is 3.65. The number of anilines is 2. The number of para-hydroxylation sites is 2. The molecule has 0 fully saturated rings. The topological polar surface area (TPSA) is 123 Å². The maximum Gasteiger partial charge on any atom is 0.338 e. The van der Waals surface area contributed by atoms with Gasteiger partial charge in [0.05, 0.1) is 31.5 Å². The lowest BCUT2D eigenvalue weighted by molar-refractivity contribution is -0.136. The number of hydrogen-bond donors (Lipinski definition) is 3. The number of nitrogens with one attached hydrogen (secondary N) is 3. The highest BCUT2D eigenvalue weighted by atomic mass is 16.5. The lowest BCUT2D eigenvalue weighted by Gasteiger charge is -2.10. The fraction of sp³-hybridized carbons (Fsp3) is 0.200. The van der Waals surface area contributed by atoms with Gasteiger partial charge in [0.25, 0.3) is 0 Å². The molecule has 0 bridgehead atoms. The second kappa shape index (κ2) is 10.5. The number of rotatable bonds is 7. The van der Waals surface area contributed by atoms with Crippen LogP contribution < -0.4 is 20.7 Å². The molecule has 0 heterocycles. The summed E-state index contributed by atoms with van der Waals surface area (Å²) in [4.78, 5) is 47.4. The molecule has 9 heteroatoms. The number of hydrogen-bond acceptors (Lipinski definition) is 6. The van der Waals surface area contributed by atoms with Gasteiger partial charge in [0, 0.05) is 5.69 Å². The van der Waals surface area contributed by atoms with Crippen LogP contribution in [0.2, 0.25) is 0 Å². The molecule has 152 valence electrons. The van der Waals surface area contributed by atoms with Crippen LogP contribution in [0, 0.1) is 0 Å². The second-order valence-corrected chi connectivity index (χ2v) is 5.68. The molecule has 0 aliphatic rings. The van der Waals surface area contributed by atoms with Crippen LogP contribution in [0.1, 0.15) is 17.3 Å². The van der Waals surface area contributed by atoms with Crippen LogP contribution in [-0.4, -0.2) is 44.0 Å². The standard InChI is InChI=1S/C20H21N3O6/c1-3-29-20(27)13-8-10-14(11-9-13)22-19(26)18(25)21-12-17(24)23-15-6-4-5-7-16(15)28-2/h4-11H,3,12H2,1-2H3,(H,21,25)(H,22,26)(H,23,24). The molecule has 2 aromatic rings. The van der Waals surface area contributed by atoms with Crippen molar-refractivity contribution in [2.24, 2.45) is 0 Å². The molecule has 0 atom stereocenters. The van der Waals surface area contributed by atoms with E-state index >= 15 is 0 Å². The van der Waals surface area contributed by atoms with Gasteiger partial charge < -0.3 is 25.4 Å². The normalized spacial score (nSPS) is 9.86. The Hall–Kier alpha value is -3.88. The molecule has 0 aliphatic heterocycles. The van der Waals surface area contributed by atoms with Gasteiger partial charge >= 0.3 is 17.8 Å². The first kappa shape index (κ1) is 21.4. The van der Waals surface area contributed by atoms with Crippen LogP contribution in [0.15, 0.2) is 48.5 Å². The van der Waals surface area contributed by atoms with Crippen molar-refractivity contribution >= 4 is 35.1 Å². The molecular formula is C20H21N3O6. The van der Waals surface area contributed by atoms with E-state index in [-0.39, 0.29) is 6.61 Å². The Morgan fingerprint density at radius 2 is 1.59 bits per heavy atom. The molecule has 0 radical (unpaired) electrons. The van der Waals surface area contributed by atoms with Gasteiger partial charge in [-0.15, -0.1) is 0 Å². The van der Waals surface area contributed by atoms with Crippen molar-refractivity contribution in [3.8, 4) is 5.75 Å². The summed E-state index contributed by atoms with van der Waals surface area (Å²) in [7, 11) is 1.47. The van der Waals surface area contributed by atoms with Crippen LogP contribution in [0.4, 0.5) is 11.4 Å². The quantitative estimate of drug-likeness (QED) is 0.480. The zero-order valence-electron chi connectivity index (χ0n) is 16.0. The molecule has 29 heavy (non-hydrogen) atoms. The van der Waals surface area contributed by atoms with E-state index in [1.807, 2.05) is 0 Å². The average molecular weight is 399 g/mol. The molecule has 0 saturated carbocycles. The second-order valence-electron chi connectivity index (χ2n) is 5.68. The maximum absolute atomic E-state index is 12.0. The molecular weight excluding hydrogens is 378 g/mol. The van der Waals surface area contributed by atoms with Crippen LogP contribution in [-0.2, 0) is 19.1 Å². The van der Waals surface area contributed by atoms with E-state index in [0.717, 1.165) is 0 Å². The van der Waals surface area contributed by atoms with E-state index in [1.54, 1.807) is 31.2 Å². The monoisotopic (exact) mass is 399 g/mol. The molecule has 0 unspecified atom stereocenters. The van der Waals surface area contributed by atoms with Crippen molar-refractivity contribution in [3.05, 3.63) is 54.1 Å². The summed E-state index contributed by atoms with van der Waals surface area (Å²) < 4.78 is 9.98. The van der Waals surface area contributed by atoms with Gasteiger partial charge in [0.1, 0.15) is 5.75 Å². The molecule has 0 saturated heterocycles. The fourth-order valence-electron chi connectivity index (χ4n) is 2.28. The molecule has 9 nitrogen and oxygen atoms in total. The van der Waals surface area contributed by atoms with Gasteiger partial charge in [-0.05, 0) is 43.3 Å². The summed E-state index contributed by atoms with van der Waals surface area (Å²) in [6, 6.07) is 12.6. The van der Waals surface area contributed by atoms with E-state index in [1.165, 1.54) is 31.4 Å². The number of amides is 3. The molecule has 0 aliphatic carbocycles. The Bertz CT molecular complexity index is 895. The minimum Gasteiger partial charge on any atom is -0.495 e.